The predicted molar refractivity (Wildman–Crippen MR) is 93.9 cm³/mol. The molecule has 24 heavy (non-hydrogen) atoms. The highest BCUT2D eigenvalue weighted by atomic mass is 35.5. The van der Waals surface area contributed by atoms with Gasteiger partial charge in [-0.1, -0.05) is 25.0 Å². The first-order valence-corrected chi connectivity index (χ1v) is 8.72. The molecule has 4 unspecified atom stereocenters. The van der Waals surface area contributed by atoms with Crippen molar-refractivity contribution in [3.63, 3.8) is 0 Å². The number of carbonyl (C=O) groups is 1. The first-order valence-electron chi connectivity index (χ1n) is 8.72. The number of ether oxygens (including phenoxy) is 2. The van der Waals surface area contributed by atoms with Crippen LogP contribution in [0, 0.1) is 5.92 Å². The van der Waals surface area contributed by atoms with Crippen molar-refractivity contribution < 1.29 is 14.3 Å². The van der Waals surface area contributed by atoms with Crippen LogP contribution in [0.1, 0.15) is 32.1 Å². The van der Waals surface area contributed by atoms with Crippen LogP contribution in [0.15, 0.2) is 24.3 Å². The third kappa shape index (κ3) is 3.62. The van der Waals surface area contributed by atoms with E-state index >= 15 is 0 Å². The molecular weight excluding hydrogens is 328 g/mol. The molecule has 0 radical (unpaired) electrons. The molecule has 5 nitrogen and oxygen atoms in total. The highest BCUT2D eigenvalue weighted by molar-refractivity contribution is 5.85. The summed E-state index contributed by atoms with van der Waals surface area (Å²) in [7, 11) is 0. The lowest BCUT2D eigenvalue weighted by Gasteiger charge is -2.27. The molecule has 1 saturated heterocycles. The zero-order valence-corrected chi connectivity index (χ0v) is 14.5. The molecule has 132 valence electrons. The van der Waals surface area contributed by atoms with E-state index in [1.54, 1.807) is 0 Å². The van der Waals surface area contributed by atoms with E-state index in [9.17, 15) is 4.79 Å². The van der Waals surface area contributed by atoms with Crippen LogP contribution >= 0.6 is 12.4 Å². The van der Waals surface area contributed by atoms with Gasteiger partial charge in [-0.15, -0.1) is 12.4 Å². The van der Waals surface area contributed by atoms with Gasteiger partial charge < -0.3 is 20.1 Å². The smallest absolute Gasteiger partial charge is 0.237 e. The Morgan fingerprint density at radius 2 is 2.00 bits per heavy atom. The van der Waals surface area contributed by atoms with Crippen molar-refractivity contribution in [2.24, 2.45) is 5.92 Å². The van der Waals surface area contributed by atoms with Gasteiger partial charge in [-0.05, 0) is 37.3 Å². The first kappa shape index (κ1) is 17.4. The second-order valence-electron chi connectivity index (χ2n) is 6.85. The molecule has 1 aromatic rings. The number of hydrogen-bond donors (Lipinski definition) is 2. The van der Waals surface area contributed by atoms with Crippen LogP contribution < -0.4 is 20.1 Å². The van der Waals surface area contributed by atoms with Crippen LogP contribution in [0.4, 0.5) is 0 Å². The SMILES string of the molecule is Cl.O=C(NCC1COc2ccccc2O1)C1CC2CCCCC2N1. The fourth-order valence-electron chi connectivity index (χ4n) is 4.02. The van der Waals surface area contributed by atoms with E-state index in [2.05, 4.69) is 10.6 Å². The number of amides is 1. The van der Waals surface area contributed by atoms with Gasteiger partial charge in [-0.3, -0.25) is 4.79 Å². The Balaban J connectivity index is 0.00000169. The molecule has 4 atom stereocenters. The third-order valence-electron chi connectivity index (χ3n) is 5.25. The van der Waals surface area contributed by atoms with Crippen LogP contribution in [0.2, 0.25) is 0 Å². The molecule has 0 bridgehead atoms. The highest BCUT2D eigenvalue weighted by Crippen LogP contribution is 2.33. The van der Waals surface area contributed by atoms with Gasteiger partial charge in [0.25, 0.3) is 0 Å². The van der Waals surface area contributed by atoms with E-state index in [4.69, 9.17) is 9.47 Å². The summed E-state index contributed by atoms with van der Waals surface area (Å²) >= 11 is 0. The maximum atomic E-state index is 12.4. The molecule has 0 aromatic heterocycles. The molecule has 1 aromatic carbocycles. The Morgan fingerprint density at radius 3 is 2.83 bits per heavy atom. The van der Waals surface area contributed by atoms with Crippen LogP contribution in [0.25, 0.3) is 0 Å². The standard InChI is InChI=1S/C18H24N2O3.ClH/c21-18(15-9-12-5-1-2-6-14(12)20-15)19-10-13-11-22-16-7-3-4-8-17(16)23-13;/h3-4,7-8,12-15,20H,1-2,5-6,9-11H2,(H,19,21);1H. The number of carbonyl (C=O) groups excluding carboxylic acids is 1. The fraction of sp³-hybridized carbons (Fsp3) is 0.611. The largest absolute Gasteiger partial charge is 0.486 e. The van der Waals surface area contributed by atoms with E-state index < -0.39 is 0 Å². The van der Waals surface area contributed by atoms with Gasteiger partial charge in [0, 0.05) is 6.04 Å². The summed E-state index contributed by atoms with van der Waals surface area (Å²) in [5, 5.41) is 6.54. The lowest BCUT2D eigenvalue weighted by molar-refractivity contribution is -0.123. The summed E-state index contributed by atoms with van der Waals surface area (Å²) in [5.74, 6) is 2.31. The minimum atomic E-state index is -0.127. The number of benzene rings is 1. The summed E-state index contributed by atoms with van der Waals surface area (Å²) in [6.45, 7) is 0.960. The van der Waals surface area contributed by atoms with Gasteiger partial charge in [0.1, 0.15) is 12.7 Å². The average Bonchev–Trinajstić information content (AvgIpc) is 3.04. The Labute approximate surface area is 148 Å². The molecule has 2 fully saturated rings. The van der Waals surface area contributed by atoms with E-state index in [-0.39, 0.29) is 30.5 Å². The molecule has 0 spiro atoms. The average molecular weight is 353 g/mol. The maximum absolute atomic E-state index is 12.4. The molecule has 2 N–H and O–H groups in total. The number of hydrogen-bond acceptors (Lipinski definition) is 4. The zero-order chi connectivity index (χ0) is 15.6. The molecule has 3 aliphatic rings. The summed E-state index contributed by atoms with van der Waals surface area (Å²) in [6, 6.07) is 8.14. The lowest BCUT2D eigenvalue weighted by Crippen LogP contribution is -2.47. The minimum absolute atomic E-state index is 0. The van der Waals surface area contributed by atoms with Crippen LogP contribution in [-0.4, -0.2) is 37.2 Å². The maximum Gasteiger partial charge on any atom is 0.237 e. The first-order chi connectivity index (χ1) is 11.3. The van der Waals surface area contributed by atoms with E-state index in [1.807, 2.05) is 24.3 Å². The van der Waals surface area contributed by atoms with Crippen molar-refractivity contribution in [2.75, 3.05) is 13.2 Å². The Bertz CT molecular complexity index is 569. The second-order valence-corrected chi connectivity index (χ2v) is 6.85. The molecular formula is C18H25ClN2O3. The molecule has 2 heterocycles. The van der Waals surface area contributed by atoms with Gasteiger partial charge in [-0.2, -0.15) is 0 Å². The van der Waals surface area contributed by atoms with Gasteiger partial charge in [-0.25, -0.2) is 0 Å². The van der Waals surface area contributed by atoms with Crippen LogP contribution in [0.3, 0.4) is 0 Å². The third-order valence-corrected chi connectivity index (χ3v) is 5.25. The molecule has 1 aliphatic carbocycles. The fourth-order valence-corrected chi connectivity index (χ4v) is 4.02. The van der Waals surface area contributed by atoms with Crippen molar-refractivity contribution in [3.8, 4) is 11.5 Å². The summed E-state index contributed by atoms with van der Waals surface area (Å²) in [6.07, 6.45) is 5.92. The van der Waals surface area contributed by atoms with Crippen LogP contribution in [-0.2, 0) is 4.79 Å². The Hall–Kier alpha value is -1.46. The van der Waals surface area contributed by atoms with Gasteiger partial charge in [0.15, 0.2) is 11.5 Å². The van der Waals surface area contributed by atoms with Crippen molar-refractivity contribution in [2.45, 2.75) is 50.3 Å². The molecule has 2 aliphatic heterocycles. The predicted octanol–water partition coefficient (Wildman–Crippen LogP) is 2.29. The van der Waals surface area contributed by atoms with Gasteiger partial charge >= 0.3 is 0 Å². The quantitative estimate of drug-likeness (QED) is 0.876. The van der Waals surface area contributed by atoms with Gasteiger partial charge in [0.05, 0.1) is 12.6 Å². The minimum Gasteiger partial charge on any atom is -0.486 e. The van der Waals surface area contributed by atoms with E-state index in [0.717, 1.165) is 17.9 Å². The van der Waals surface area contributed by atoms with Crippen molar-refractivity contribution in [1.29, 1.82) is 0 Å². The van der Waals surface area contributed by atoms with Crippen LogP contribution in [0.5, 0.6) is 11.5 Å². The Morgan fingerprint density at radius 1 is 1.21 bits per heavy atom. The number of halogens is 1. The van der Waals surface area contributed by atoms with E-state index in [1.165, 1.54) is 25.7 Å². The van der Waals surface area contributed by atoms with Crippen molar-refractivity contribution >= 4 is 18.3 Å². The molecule has 4 rings (SSSR count). The summed E-state index contributed by atoms with van der Waals surface area (Å²) in [5.41, 5.74) is 0. The molecule has 1 saturated carbocycles. The lowest BCUT2D eigenvalue weighted by atomic mass is 9.85. The highest BCUT2D eigenvalue weighted by Gasteiger charge is 2.38. The van der Waals surface area contributed by atoms with Crippen molar-refractivity contribution in [1.82, 2.24) is 10.6 Å². The molecule has 1 amide bonds. The topological polar surface area (TPSA) is 59.6 Å². The zero-order valence-electron chi connectivity index (χ0n) is 13.7. The van der Waals surface area contributed by atoms with E-state index in [0.29, 0.717) is 25.1 Å². The number of nitrogens with one attached hydrogen (secondary N) is 2. The van der Waals surface area contributed by atoms with Gasteiger partial charge in [0.2, 0.25) is 5.91 Å². The summed E-state index contributed by atoms with van der Waals surface area (Å²) < 4.78 is 11.6. The molecule has 6 heteroatoms. The number of para-hydroxylation sites is 2. The number of rotatable bonds is 3. The normalized spacial score (nSPS) is 30.8. The monoisotopic (exact) mass is 352 g/mol. The van der Waals surface area contributed by atoms with Crippen molar-refractivity contribution in [3.05, 3.63) is 24.3 Å². The summed E-state index contributed by atoms with van der Waals surface area (Å²) in [4.78, 5) is 12.4. The number of fused-ring (bicyclic) bond motifs is 2. The Kier molecular flexibility index (Phi) is 5.51. The second kappa shape index (κ2) is 7.62.